The summed E-state index contributed by atoms with van der Waals surface area (Å²) in [5.41, 5.74) is 0.450. The SMILES string of the molecule is Oc1cc(F)cc(-c2c(Cl)c(Cl)c(Cl)c(Cl)c2Cl)c1. The van der Waals surface area contributed by atoms with Crippen LogP contribution < -0.4 is 0 Å². The molecule has 2 aromatic carbocycles. The van der Waals surface area contributed by atoms with Crippen molar-refractivity contribution in [1.82, 2.24) is 0 Å². The van der Waals surface area contributed by atoms with Crippen LogP contribution in [-0.2, 0) is 0 Å². The predicted octanol–water partition coefficient (Wildman–Crippen LogP) is 6.47. The molecule has 1 nitrogen and oxygen atoms in total. The van der Waals surface area contributed by atoms with Crippen molar-refractivity contribution in [2.75, 3.05) is 0 Å². The quantitative estimate of drug-likeness (QED) is 0.457. The van der Waals surface area contributed by atoms with Gasteiger partial charge in [-0.2, -0.15) is 0 Å². The van der Waals surface area contributed by atoms with Gasteiger partial charge in [-0.3, -0.25) is 0 Å². The smallest absolute Gasteiger partial charge is 0.127 e. The standard InChI is InChI=1S/C12H4Cl5FO/c13-8-7(4-1-5(18)3-6(19)2-4)9(14)11(16)12(17)10(8)15/h1-3,19H. The minimum Gasteiger partial charge on any atom is -0.508 e. The Morgan fingerprint density at radius 3 is 1.68 bits per heavy atom. The average molecular weight is 360 g/mol. The summed E-state index contributed by atoms with van der Waals surface area (Å²) in [7, 11) is 0. The Hall–Kier alpha value is -0.380. The highest BCUT2D eigenvalue weighted by Crippen LogP contribution is 2.48. The molecule has 0 amide bonds. The molecule has 0 heterocycles. The fourth-order valence-corrected chi connectivity index (χ4v) is 2.93. The predicted molar refractivity (Wildman–Crippen MR) is 78.6 cm³/mol. The molecule has 0 aliphatic heterocycles. The Morgan fingerprint density at radius 1 is 0.737 bits per heavy atom. The van der Waals surface area contributed by atoms with E-state index in [4.69, 9.17) is 58.0 Å². The zero-order valence-corrected chi connectivity index (χ0v) is 12.7. The molecule has 19 heavy (non-hydrogen) atoms. The van der Waals surface area contributed by atoms with E-state index in [0.717, 1.165) is 12.1 Å². The summed E-state index contributed by atoms with van der Waals surface area (Å²) < 4.78 is 13.3. The third-order valence-corrected chi connectivity index (χ3v) is 4.66. The van der Waals surface area contributed by atoms with Gasteiger partial charge in [0, 0.05) is 11.6 Å². The van der Waals surface area contributed by atoms with Crippen molar-refractivity contribution < 1.29 is 9.50 Å². The number of rotatable bonds is 1. The number of aromatic hydroxyl groups is 1. The second-order valence-corrected chi connectivity index (χ2v) is 5.53. The van der Waals surface area contributed by atoms with E-state index in [-0.39, 0.29) is 42.0 Å². The van der Waals surface area contributed by atoms with Crippen LogP contribution in [-0.4, -0.2) is 5.11 Å². The van der Waals surface area contributed by atoms with Gasteiger partial charge in [0.1, 0.15) is 11.6 Å². The molecular weight excluding hydrogens is 356 g/mol. The van der Waals surface area contributed by atoms with Crippen LogP contribution in [0.5, 0.6) is 5.75 Å². The van der Waals surface area contributed by atoms with Crippen molar-refractivity contribution >= 4 is 58.0 Å². The molecule has 0 atom stereocenters. The lowest BCUT2D eigenvalue weighted by molar-refractivity contribution is 0.469. The zero-order chi connectivity index (χ0) is 14.3. The first-order valence-corrected chi connectivity index (χ1v) is 6.73. The molecule has 0 fully saturated rings. The lowest BCUT2D eigenvalue weighted by atomic mass is 10.0. The minimum absolute atomic E-state index is 0.0106. The van der Waals surface area contributed by atoms with Crippen LogP contribution in [0, 0.1) is 5.82 Å². The van der Waals surface area contributed by atoms with Crippen LogP contribution in [0.4, 0.5) is 4.39 Å². The van der Waals surface area contributed by atoms with Gasteiger partial charge in [0.05, 0.1) is 25.1 Å². The Bertz CT molecular complexity index is 622. The number of halogens is 6. The van der Waals surface area contributed by atoms with Gasteiger partial charge in [-0.25, -0.2) is 4.39 Å². The Labute approximate surface area is 133 Å². The molecule has 2 rings (SSSR count). The first-order valence-electron chi connectivity index (χ1n) is 4.84. The molecule has 0 aliphatic rings. The summed E-state index contributed by atoms with van der Waals surface area (Å²) in [4.78, 5) is 0. The van der Waals surface area contributed by atoms with Gasteiger partial charge in [-0.1, -0.05) is 58.0 Å². The molecule has 0 radical (unpaired) electrons. The van der Waals surface area contributed by atoms with Gasteiger partial charge in [0.25, 0.3) is 0 Å². The average Bonchev–Trinajstić information content (AvgIpc) is 2.33. The van der Waals surface area contributed by atoms with Crippen LogP contribution in [0.25, 0.3) is 11.1 Å². The molecule has 0 spiro atoms. The van der Waals surface area contributed by atoms with E-state index in [0.29, 0.717) is 0 Å². The molecule has 0 saturated carbocycles. The molecule has 0 saturated heterocycles. The highest BCUT2D eigenvalue weighted by molar-refractivity contribution is 6.56. The maximum Gasteiger partial charge on any atom is 0.127 e. The zero-order valence-electron chi connectivity index (χ0n) is 8.95. The lowest BCUT2D eigenvalue weighted by Gasteiger charge is -2.13. The van der Waals surface area contributed by atoms with E-state index in [1.165, 1.54) is 6.07 Å². The Morgan fingerprint density at radius 2 is 1.21 bits per heavy atom. The van der Waals surface area contributed by atoms with Gasteiger partial charge < -0.3 is 5.11 Å². The first-order chi connectivity index (χ1) is 8.82. The Balaban J connectivity index is 2.82. The van der Waals surface area contributed by atoms with Gasteiger partial charge in [0.15, 0.2) is 0 Å². The second kappa shape index (κ2) is 5.55. The van der Waals surface area contributed by atoms with Crippen LogP contribution in [0.1, 0.15) is 0 Å². The van der Waals surface area contributed by atoms with Crippen molar-refractivity contribution in [3.05, 3.63) is 49.1 Å². The van der Waals surface area contributed by atoms with Gasteiger partial charge in [-0.15, -0.1) is 0 Å². The molecule has 0 aromatic heterocycles. The number of hydrogen-bond acceptors (Lipinski definition) is 1. The van der Waals surface area contributed by atoms with E-state index in [1.54, 1.807) is 0 Å². The molecule has 0 unspecified atom stereocenters. The lowest BCUT2D eigenvalue weighted by Crippen LogP contribution is -1.88. The highest BCUT2D eigenvalue weighted by Gasteiger charge is 2.21. The van der Waals surface area contributed by atoms with Gasteiger partial charge >= 0.3 is 0 Å². The molecule has 1 N–H and O–H groups in total. The Kier molecular flexibility index (Phi) is 4.38. The van der Waals surface area contributed by atoms with Crippen LogP contribution >= 0.6 is 58.0 Å². The van der Waals surface area contributed by atoms with Crippen molar-refractivity contribution in [2.24, 2.45) is 0 Å². The maximum absolute atomic E-state index is 13.3. The van der Waals surface area contributed by atoms with Crippen molar-refractivity contribution in [2.45, 2.75) is 0 Å². The van der Waals surface area contributed by atoms with E-state index >= 15 is 0 Å². The largest absolute Gasteiger partial charge is 0.508 e. The number of hydrogen-bond donors (Lipinski definition) is 1. The summed E-state index contributed by atoms with van der Waals surface area (Å²) in [5.74, 6) is -0.923. The van der Waals surface area contributed by atoms with Gasteiger partial charge in [0.2, 0.25) is 0 Å². The molecule has 100 valence electrons. The van der Waals surface area contributed by atoms with E-state index in [1.807, 2.05) is 0 Å². The van der Waals surface area contributed by atoms with Crippen LogP contribution in [0.2, 0.25) is 25.1 Å². The third-order valence-electron chi connectivity index (χ3n) is 2.38. The minimum atomic E-state index is -0.649. The first kappa shape index (κ1) is 15.0. The van der Waals surface area contributed by atoms with Gasteiger partial charge in [-0.05, 0) is 17.7 Å². The van der Waals surface area contributed by atoms with E-state index in [9.17, 15) is 9.50 Å². The maximum atomic E-state index is 13.3. The van der Waals surface area contributed by atoms with E-state index in [2.05, 4.69) is 0 Å². The highest BCUT2D eigenvalue weighted by atomic mass is 35.5. The number of phenols is 1. The van der Waals surface area contributed by atoms with Crippen LogP contribution in [0.15, 0.2) is 18.2 Å². The summed E-state index contributed by atoms with van der Waals surface area (Å²) in [6.45, 7) is 0. The van der Waals surface area contributed by atoms with Crippen molar-refractivity contribution in [1.29, 1.82) is 0 Å². The topological polar surface area (TPSA) is 20.2 Å². The summed E-state index contributed by atoms with van der Waals surface area (Å²) >= 11 is 29.8. The third kappa shape index (κ3) is 2.74. The van der Waals surface area contributed by atoms with Crippen LogP contribution in [0.3, 0.4) is 0 Å². The summed E-state index contributed by atoms with van der Waals surface area (Å²) in [6, 6.07) is 3.38. The fourth-order valence-electron chi connectivity index (χ4n) is 1.58. The summed E-state index contributed by atoms with van der Waals surface area (Å²) in [5, 5.41) is 9.52. The monoisotopic (exact) mass is 358 g/mol. The molecule has 7 heteroatoms. The molecular formula is C12H4Cl5FO. The summed E-state index contributed by atoms with van der Waals surface area (Å²) in [6.07, 6.45) is 0. The van der Waals surface area contributed by atoms with E-state index < -0.39 is 5.82 Å². The molecule has 0 bridgehead atoms. The number of phenolic OH excluding ortho intramolecular Hbond substituents is 1. The second-order valence-electron chi connectivity index (χ2n) is 3.64. The molecule has 0 aliphatic carbocycles. The molecule has 2 aromatic rings. The van der Waals surface area contributed by atoms with Crippen molar-refractivity contribution in [3.63, 3.8) is 0 Å². The normalized spacial score (nSPS) is 10.8. The number of benzene rings is 2. The van der Waals surface area contributed by atoms with Crippen molar-refractivity contribution in [3.8, 4) is 16.9 Å². The fraction of sp³-hybridized carbons (Fsp3) is 0.